The number of carboxylic acids is 1. The Bertz CT molecular complexity index is 548. The Hall–Kier alpha value is -1.59. The predicted molar refractivity (Wildman–Crippen MR) is 81.7 cm³/mol. The van der Waals surface area contributed by atoms with Crippen LogP contribution in [0.2, 0.25) is 5.02 Å². The molecule has 1 aliphatic rings. The molecule has 1 aliphatic heterocycles. The lowest BCUT2D eigenvalue weighted by Gasteiger charge is -2.32. The van der Waals surface area contributed by atoms with E-state index >= 15 is 0 Å². The van der Waals surface area contributed by atoms with Crippen LogP contribution < -0.4 is 5.32 Å². The topological polar surface area (TPSA) is 69.6 Å². The summed E-state index contributed by atoms with van der Waals surface area (Å²) in [6.45, 7) is 2.61. The third-order valence-electron chi connectivity index (χ3n) is 3.70. The minimum atomic E-state index is -0.860. The second-order valence-electron chi connectivity index (χ2n) is 5.33. The van der Waals surface area contributed by atoms with Gasteiger partial charge >= 0.3 is 5.97 Å². The maximum absolute atomic E-state index is 12.1. The Kier molecular flexibility index (Phi) is 5.20. The van der Waals surface area contributed by atoms with E-state index in [0.717, 1.165) is 18.4 Å². The number of nitrogens with one attached hydrogen (secondary N) is 1. The SMILES string of the molecule is Cc1ccc(NC(=O)CN2CCCCC2C(=O)O)cc1Cl. The van der Waals surface area contributed by atoms with Gasteiger partial charge in [0.25, 0.3) is 0 Å². The number of halogens is 1. The average molecular weight is 311 g/mol. The number of carbonyl (C=O) groups is 2. The Labute approximate surface area is 128 Å². The van der Waals surface area contributed by atoms with Crippen molar-refractivity contribution in [1.29, 1.82) is 0 Å². The molecule has 0 spiro atoms. The molecule has 1 aromatic rings. The predicted octanol–water partition coefficient (Wildman–Crippen LogP) is 2.53. The smallest absolute Gasteiger partial charge is 0.320 e. The number of aliphatic carboxylic acids is 1. The molecule has 5 nitrogen and oxygen atoms in total. The summed E-state index contributed by atoms with van der Waals surface area (Å²) in [6, 6.07) is 4.74. The van der Waals surface area contributed by atoms with E-state index in [-0.39, 0.29) is 12.5 Å². The van der Waals surface area contributed by atoms with Gasteiger partial charge in [-0.1, -0.05) is 24.1 Å². The van der Waals surface area contributed by atoms with Crippen LogP contribution >= 0.6 is 11.6 Å². The number of rotatable bonds is 4. The van der Waals surface area contributed by atoms with Gasteiger partial charge in [0.15, 0.2) is 0 Å². The zero-order valence-corrected chi connectivity index (χ0v) is 12.7. The lowest BCUT2D eigenvalue weighted by atomic mass is 10.0. The highest BCUT2D eigenvalue weighted by molar-refractivity contribution is 6.31. The molecule has 6 heteroatoms. The quantitative estimate of drug-likeness (QED) is 0.896. The Morgan fingerprint density at radius 1 is 1.43 bits per heavy atom. The average Bonchev–Trinajstić information content (AvgIpc) is 2.43. The van der Waals surface area contributed by atoms with Crippen molar-refractivity contribution >= 4 is 29.2 Å². The van der Waals surface area contributed by atoms with E-state index in [9.17, 15) is 14.7 Å². The van der Waals surface area contributed by atoms with Crippen molar-refractivity contribution in [1.82, 2.24) is 4.90 Å². The molecular formula is C15H19ClN2O3. The monoisotopic (exact) mass is 310 g/mol. The molecule has 0 bridgehead atoms. The van der Waals surface area contributed by atoms with Crippen molar-refractivity contribution in [3.05, 3.63) is 28.8 Å². The molecule has 2 N–H and O–H groups in total. The first-order valence-corrected chi connectivity index (χ1v) is 7.38. The molecule has 1 atom stereocenters. The Morgan fingerprint density at radius 3 is 2.86 bits per heavy atom. The van der Waals surface area contributed by atoms with E-state index in [0.29, 0.717) is 23.7 Å². The number of piperidine rings is 1. The van der Waals surface area contributed by atoms with Crippen LogP contribution in [0.15, 0.2) is 18.2 Å². The first kappa shape index (κ1) is 15.8. The van der Waals surface area contributed by atoms with Gasteiger partial charge in [0.05, 0.1) is 6.54 Å². The van der Waals surface area contributed by atoms with E-state index in [1.807, 2.05) is 13.0 Å². The fourth-order valence-corrected chi connectivity index (χ4v) is 2.70. The van der Waals surface area contributed by atoms with Crippen molar-refractivity contribution in [2.75, 3.05) is 18.4 Å². The molecule has 1 heterocycles. The highest BCUT2D eigenvalue weighted by atomic mass is 35.5. The zero-order valence-electron chi connectivity index (χ0n) is 11.9. The van der Waals surface area contributed by atoms with Crippen molar-refractivity contribution in [2.45, 2.75) is 32.2 Å². The van der Waals surface area contributed by atoms with Gasteiger partial charge in [0, 0.05) is 10.7 Å². The van der Waals surface area contributed by atoms with E-state index < -0.39 is 12.0 Å². The second kappa shape index (κ2) is 6.91. The molecule has 0 radical (unpaired) electrons. The number of likely N-dealkylation sites (tertiary alicyclic amines) is 1. The van der Waals surface area contributed by atoms with E-state index in [1.165, 1.54) is 0 Å². The molecule has 21 heavy (non-hydrogen) atoms. The first-order valence-electron chi connectivity index (χ1n) is 7.00. The third kappa shape index (κ3) is 4.19. The van der Waals surface area contributed by atoms with Gasteiger partial charge in [-0.2, -0.15) is 0 Å². The molecule has 1 fully saturated rings. The summed E-state index contributed by atoms with van der Waals surface area (Å²) in [5.74, 6) is -1.08. The summed E-state index contributed by atoms with van der Waals surface area (Å²) in [7, 11) is 0. The van der Waals surface area contributed by atoms with E-state index in [4.69, 9.17) is 11.6 Å². The number of hydrogen-bond acceptors (Lipinski definition) is 3. The minimum absolute atomic E-state index is 0.0858. The summed E-state index contributed by atoms with van der Waals surface area (Å²) < 4.78 is 0. The van der Waals surface area contributed by atoms with Gasteiger partial charge < -0.3 is 10.4 Å². The van der Waals surface area contributed by atoms with Gasteiger partial charge in [0.2, 0.25) is 5.91 Å². The number of carbonyl (C=O) groups excluding carboxylic acids is 1. The van der Waals surface area contributed by atoms with Crippen LogP contribution in [0.25, 0.3) is 0 Å². The summed E-state index contributed by atoms with van der Waals surface area (Å²) in [5.41, 5.74) is 1.57. The zero-order chi connectivity index (χ0) is 15.4. The molecular weight excluding hydrogens is 292 g/mol. The number of anilines is 1. The molecule has 1 unspecified atom stereocenters. The standard InChI is InChI=1S/C15H19ClN2O3/c1-10-5-6-11(8-12(10)16)17-14(19)9-18-7-3-2-4-13(18)15(20)21/h5-6,8,13H,2-4,7,9H2,1H3,(H,17,19)(H,20,21). The molecule has 0 aromatic heterocycles. The number of aryl methyl sites for hydroxylation is 1. The van der Waals surface area contributed by atoms with Crippen molar-refractivity contribution in [2.24, 2.45) is 0 Å². The summed E-state index contributed by atoms with van der Waals surface area (Å²) in [5, 5.41) is 12.5. The van der Waals surface area contributed by atoms with Crippen LogP contribution in [-0.2, 0) is 9.59 Å². The van der Waals surface area contributed by atoms with Crippen LogP contribution in [0.1, 0.15) is 24.8 Å². The van der Waals surface area contributed by atoms with Gasteiger partial charge in [-0.05, 0) is 44.0 Å². The molecule has 1 amide bonds. The van der Waals surface area contributed by atoms with Crippen molar-refractivity contribution in [3.8, 4) is 0 Å². The van der Waals surface area contributed by atoms with Crippen LogP contribution in [0, 0.1) is 6.92 Å². The molecule has 2 rings (SSSR count). The highest BCUT2D eigenvalue weighted by Crippen LogP contribution is 2.21. The van der Waals surface area contributed by atoms with Gasteiger partial charge in [-0.15, -0.1) is 0 Å². The maximum atomic E-state index is 12.1. The molecule has 1 aromatic carbocycles. The summed E-state index contributed by atoms with van der Waals surface area (Å²) in [6.07, 6.45) is 2.41. The van der Waals surface area contributed by atoms with Crippen LogP contribution in [0.3, 0.4) is 0 Å². The van der Waals surface area contributed by atoms with E-state index in [2.05, 4.69) is 5.32 Å². The summed E-state index contributed by atoms with van der Waals surface area (Å²) in [4.78, 5) is 25.0. The van der Waals surface area contributed by atoms with Crippen LogP contribution in [0.5, 0.6) is 0 Å². The third-order valence-corrected chi connectivity index (χ3v) is 4.11. The fourth-order valence-electron chi connectivity index (χ4n) is 2.52. The number of amides is 1. The lowest BCUT2D eigenvalue weighted by molar-refractivity contribution is -0.145. The first-order chi connectivity index (χ1) is 9.97. The molecule has 0 saturated carbocycles. The summed E-state index contributed by atoms with van der Waals surface area (Å²) >= 11 is 6.01. The van der Waals surface area contributed by atoms with Gasteiger partial charge in [-0.3, -0.25) is 14.5 Å². The largest absolute Gasteiger partial charge is 0.480 e. The number of hydrogen-bond donors (Lipinski definition) is 2. The minimum Gasteiger partial charge on any atom is -0.480 e. The molecule has 1 saturated heterocycles. The van der Waals surface area contributed by atoms with Crippen molar-refractivity contribution < 1.29 is 14.7 Å². The molecule has 0 aliphatic carbocycles. The van der Waals surface area contributed by atoms with Gasteiger partial charge in [0.1, 0.15) is 6.04 Å². The van der Waals surface area contributed by atoms with Crippen LogP contribution in [0.4, 0.5) is 5.69 Å². The maximum Gasteiger partial charge on any atom is 0.320 e. The van der Waals surface area contributed by atoms with Gasteiger partial charge in [-0.25, -0.2) is 0 Å². The fraction of sp³-hybridized carbons (Fsp3) is 0.467. The number of carboxylic acid groups (broad SMARTS) is 1. The second-order valence-corrected chi connectivity index (χ2v) is 5.74. The van der Waals surface area contributed by atoms with E-state index in [1.54, 1.807) is 17.0 Å². The number of nitrogens with zero attached hydrogens (tertiary/aromatic N) is 1. The van der Waals surface area contributed by atoms with Crippen molar-refractivity contribution in [3.63, 3.8) is 0 Å². The van der Waals surface area contributed by atoms with Crippen LogP contribution in [-0.4, -0.2) is 41.0 Å². The molecule has 114 valence electrons. The Balaban J connectivity index is 1.97. The number of benzene rings is 1. The normalized spacial score (nSPS) is 19.2. The lowest BCUT2D eigenvalue weighted by Crippen LogP contribution is -2.47. The highest BCUT2D eigenvalue weighted by Gasteiger charge is 2.29. The Morgan fingerprint density at radius 2 is 2.19 bits per heavy atom.